The highest BCUT2D eigenvalue weighted by Gasteiger charge is 2.43. The molecule has 1 aromatic carbocycles. The molecule has 4 nitrogen and oxygen atoms in total. The van der Waals surface area contributed by atoms with E-state index in [0.717, 1.165) is 6.42 Å². The van der Waals surface area contributed by atoms with Gasteiger partial charge in [0.2, 0.25) is 5.91 Å². The second-order valence-corrected chi connectivity index (χ2v) is 6.48. The van der Waals surface area contributed by atoms with Crippen molar-refractivity contribution < 1.29 is 14.7 Å². The van der Waals surface area contributed by atoms with E-state index < -0.39 is 11.4 Å². The predicted molar refractivity (Wildman–Crippen MR) is 80.9 cm³/mol. The van der Waals surface area contributed by atoms with Gasteiger partial charge >= 0.3 is 5.97 Å². The minimum absolute atomic E-state index is 0.0258. The Labute approximate surface area is 125 Å². The zero-order valence-electron chi connectivity index (χ0n) is 12.8. The van der Waals surface area contributed by atoms with Gasteiger partial charge in [-0.1, -0.05) is 44.2 Å². The van der Waals surface area contributed by atoms with Crippen molar-refractivity contribution in [3.8, 4) is 0 Å². The number of rotatable bonds is 6. The molecule has 1 fully saturated rings. The maximum absolute atomic E-state index is 12.1. The fourth-order valence-electron chi connectivity index (χ4n) is 2.54. The Morgan fingerprint density at radius 1 is 1.33 bits per heavy atom. The van der Waals surface area contributed by atoms with E-state index in [9.17, 15) is 14.7 Å². The van der Waals surface area contributed by atoms with Crippen LogP contribution in [0.15, 0.2) is 30.3 Å². The van der Waals surface area contributed by atoms with E-state index in [-0.39, 0.29) is 24.3 Å². The number of amides is 1. The highest BCUT2D eigenvalue weighted by molar-refractivity contribution is 5.85. The molecule has 3 unspecified atom stereocenters. The van der Waals surface area contributed by atoms with Gasteiger partial charge in [0.15, 0.2) is 0 Å². The average Bonchev–Trinajstić information content (AvgIpc) is 3.18. The second kappa shape index (κ2) is 5.88. The van der Waals surface area contributed by atoms with Crippen LogP contribution in [-0.4, -0.2) is 23.0 Å². The third-order valence-electron chi connectivity index (χ3n) is 4.66. The quantitative estimate of drug-likeness (QED) is 0.846. The third kappa shape index (κ3) is 3.43. The molecule has 0 heterocycles. The van der Waals surface area contributed by atoms with Crippen LogP contribution in [-0.2, 0) is 9.59 Å². The van der Waals surface area contributed by atoms with Crippen LogP contribution in [0.25, 0.3) is 0 Å². The van der Waals surface area contributed by atoms with Crippen molar-refractivity contribution in [2.45, 2.75) is 45.6 Å². The van der Waals surface area contributed by atoms with E-state index in [1.807, 2.05) is 32.0 Å². The summed E-state index contributed by atoms with van der Waals surface area (Å²) < 4.78 is 0. The molecule has 0 bridgehead atoms. The first-order valence-electron chi connectivity index (χ1n) is 7.42. The lowest BCUT2D eigenvalue weighted by Gasteiger charge is -2.28. The summed E-state index contributed by atoms with van der Waals surface area (Å²) in [5.74, 6) is -0.810. The molecule has 1 aliphatic carbocycles. The lowest BCUT2D eigenvalue weighted by atomic mass is 9.76. The van der Waals surface area contributed by atoms with Crippen LogP contribution in [0.4, 0.5) is 0 Å². The molecule has 0 spiro atoms. The zero-order chi connectivity index (χ0) is 15.6. The second-order valence-electron chi connectivity index (χ2n) is 6.48. The molecular weight excluding hydrogens is 266 g/mol. The number of hydrogen-bond acceptors (Lipinski definition) is 2. The number of aliphatic carboxylic acids is 1. The van der Waals surface area contributed by atoms with Gasteiger partial charge in [-0.2, -0.15) is 0 Å². The molecule has 1 amide bonds. The minimum atomic E-state index is -1.01. The van der Waals surface area contributed by atoms with Crippen LogP contribution < -0.4 is 5.32 Å². The first kappa shape index (κ1) is 15.5. The van der Waals surface area contributed by atoms with Crippen LogP contribution in [0, 0.1) is 11.3 Å². The van der Waals surface area contributed by atoms with Crippen LogP contribution >= 0.6 is 0 Å². The van der Waals surface area contributed by atoms with Gasteiger partial charge in [-0.05, 0) is 24.8 Å². The molecule has 1 saturated carbocycles. The van der Waals surface area contributed by atoms with Gasteiger partial charge in [-0.3, -0.25) is 9.59 Å². The predicted octanol–water partition coefficient (Wildman–Crippen LogP) is 2.80. The topological polar surface area (TPSA) is 66.4 Å². The van der Waals surface area contributed by atoms with Gasteiger partial charge in [-0.15, -0.1) is 0 Å². The monoisotopic (exact) mass is 289 g/mol. The Balaban J connectivity index is 1.91. The van der Waals surface area contributed by atoms with Gasteiger partial charge in [0, 0.05) is 18.4 Å². The van der Waals surface area contributed by atoms with Crippen molar-refractivity contribution in [2.75, 3.05) is 0 Å². The van der Waals surface area contributed by atoms with E-state index in [1.54, 1.807) is 6.92 Å². The number of carboxylic acid groups (broad SMARTS) is 1. The van der Waals surface area contributed by atoms with Gasteiger partial charge in [0.1, 0.15) is 0 Å². The summed E-state index contributed by atoms with van der Waals surface area (Å²) in [4.78, 5) is 23.5. The summed E-state index contributed by atoms with van der Waals surface area (Å²) >= 11 is 0. The largest absolute Gasteiger partial charge is 0.481 e. The fourth-order valence-corrected chi connectivity index (χ4v) is 2.54. The van der Waals surface area contributed by atoms with Gasteiger partial charge < -0.3 is 10.4 Å². The van der Waals surface area contributed by atoms with Crippen LogP contribution in [0.3, 0.4) is 0 Å². The van der Waals surface area contributed by atoms with Gasteiger partial charge in [0.05, 0.1) is 5.41 Å². The van der Waals surface area contributed by atoms with Crippen molar-refractivity contribution in [3.05, 3.63) is 35.9 Å². The summed E-state index contributed by atoms with van der Waals surface area (Å²) in [6, 6.07) is 10.2. The van der Waals surface area contributed by atoms with Gasteiger partial charge in [-0.25, -0.2) is 0 Å². The molecule has 0 aliphatic heterocycles. The lowest BCUT2D eigenvalue weighted by Crippen LogP contribution is -2.39. The van der Waals surface area contributed by atoms with Crippen molar-refractivity contribution in [1.82, 2.24) is 5.32 Å². The van der Waals surface area contributed by atoms with E-state index in [4.69, 9.17) is 0 Å². The molecule has 1 aromatic rings. The standard InChI is InChI=1S/C17H23NO3/c1-11(2)17(3,16(20)21)10-15(19)18-14-9-13(14)12-7-5-4-6-8-12/h4-8,11,13-14H,9-10H2,1-3H3,(H,18,19)(H,20,21). The Kier molecular flexibility index (Phi) is 4.35. The molecule has 0 radical (unpaired) electrons. The van der Waals surface area contributed by atoms with Crippen molar-refractivity contribution in [2.24, 2.45) is 11.3 Å². The SMILES string of the molecule is CC(C)C(C)(CC(=O)NC1CC1c1ccccc1)C(=O)O. The molecule has 2 rings (SSSR count). The molecule has 1 aliphatic rings. The minimum Gasteiger partial charge on any atom is -0.481 e. The number of carboxylic acids is 1. The lowest BCUT2D eigenvalue weighted by molar-refractivity contribution is -0.153. The van der Waals surface area contributed by atoms with Crippen molar-refractivity contribution >= 4 is 11.9 Å². The summed E-state index contributed by atoms with van der Waals surface area (Å²) in [5, 5.41) is 12.3. The number of carbonyl (C=O) groups excluding carboxylic acids is 1. The normalized spacial score (nSPS) is 23.4. The maximum Gasteiger partial charge on any atom is 0.310 e. The highest BCUT2D eigenvalue weighted by Crippen LogP contribution is 2.41. The van der Waals surface area contributed by atoms with E-state index in [0.29, 0.717) is 5.92 Å². The molecule has 0 aromatic heterocycles. The number of carbonyl (C=O) groups is 2. The van der Waals surface area contributed by atoms with Gasteiger partial charge in [0.25, 0.3) is 0 Å². The van der Waals surface area contributed by atoms with E-state index in [2.05, 4.69) is 17.4 Å². The Hall–Kier alpha value is -1.84. The molecule has 0 saturated heterocycles. The Bertz CT molecular complexity index is 526. The van der Waals surface area contributed by atoms with Crippen LogP contribution in [0.5, 0.6) is 0 Å². The van der Waals surface area contributed by atoms with E-state index in [1.165, 1.54) is 5.56 Å². The average molecular weight is 289 g/mol. The summed E-state index contributed by atoms with van der Waals surface area (Å²) in [7, 11) is 0. The number of nitrogens with one attached hydrogen (secondary N) is 1. The summed E-state index contributed by atoms with van der Waals surface area (Å²) in [5.41, 5.74) is 0.217. The third-order valence-corrected chi connectivity index (χ3v) is 4.66. The first-order chi connectivity index (χ1) is 9.84. The maximum atomic E-state index is 12.1. The molecule has 3 atom stereocenters. The fraction of sp³-hybridized carbons (Fsp3) is 0.529. The zero-order valence-corrected chi connectivity index (χ0v) is 12.8. The molecule has 21 heavy (non-hydrogen) atoms. The Morgan fingerprint density at radius 3 is 2.48 bits per heavy atom. The summed E-state index contributed by atoms with van der Waals surface area (Å²) in [6.07, 6.45) is 0.958. The van der Waals surface area contributed by atoms with Crippen LogP contribution in [0.1, 0.15) is 45.1 Å². The van der Waals surface area contributed by atoms with Crippen LogP contribution in [0.2, 0.25) is 0 Å². The molecule has 114 valence electrons. The van der Waals surface area contributed by atoms with Crippen molar-refractivity contribution in [3.63, 3.8) is 0 Å². The first-order valence-corrected chi connectivity index (χ1v) is 7.42. The number of hydrogen-bond donors (Lipinski definition) is 2. The smallest absolute Gasteiger partial charge is 0.310 e. The molecular formula is C17H23NO3. The number of benzene rings is 1. The van der Waals surface area contributed by atoms with Crippen molar-refractivity contribution in [1.29, 1.82) is 0 Å². The molecule has 2 N–H and O–H groups in total. The van der Waals surface area contributed by atoms with E-state index >= 15 is 0 Å². The summed E-state index contributed by atoms with van der Waals surface area (Å²) in [6.45, 7) is 5.32. The Morgan fingerprint density at radius 2 is 1.95 bits per heavy atom. The highest BCUT2D eigenvalue weighted by atomic mass is 16.4. The molecule has 4 heteroatoms.